The zero-order valence-corrected chi connectivity index (χ0v) is 21.7. The summed E-state index contributed by atoms with van der Waals surface area (Å²) in [5.41, 5.74) is -0.169. The average Bonchev–Trinajstić information content (AvgIpc) is 3.33. The molecule has 1 aromatic carbocycles. The molecule has 4 heterocycles. The summed E-state index contributed by atoms with van der Waals surface area (Å²) in [6.45, 7) is 3.88. The third-order valence-corrected chi connectivity index (χ3v) is 7.79. The molecule has 0 radical (unpaired) electrons. The van der Waals surface area contributed by atoms with E-state index in [0.29, 0.717) is 67.7 Å². The number of aliphatic hydroxyl groups is 2. The van der Waals surface area contributed by atoms with Gasteiger partial charge in [0.2, 0.25) is 5.91 Å². The van der Waals surface area contributed by atoms with Crippen molar-refractivity contribution in [3.05, 3.63) is 65.4 Å². The molecule has 208 valence electrons. The van der Waals surface area contributed by atoms with Crippen molar-refractivity contribution in [2.45, 2.75) is 50.4 Å². The van der Waals surface area contributed by atoms with E-state index >= 15 is 0 Å². The van der Waals surface area contributed by atoms with Crippen LogP contribution in [0.4, 0.5) is 18.9 Å². The molecular formula is C28H32F3N5O3. The number of nitrogens with one attached hydrogen (secondary N) is 1. The SMILES string of the molecule is C[C@@H](Nc1ccnc2cnc(C3(O)CCN(C(=O)CN4CC[C@@H](O)C4)CC3)cc12)c1cccc(C(F)F)c1F. The Labute approximate surface area is 224 Å². The molecule has 5 rings (SSSR count). The summed E-state index contributed by atoms with van der Waals surface area (Å²) in [5, 5.41) is 25.0. The van der Waals surface area contributed by atoms with Gasteiger partial charge in [-0.1, -0.05) is 18.2 Å². The van der Waals surface area contributed by atoms with Crippen molar-refractivity contribution in [3.63, 3.8) is 0 Å². The van der Waals surface area contributed by atoms with Crippen LogP contribution in [0.3, 0.4) is 0 Å². The van der Waals surface area contributed by atoms with Gasteiger partial charge in [-0.3, -0.25) is 19.7 Å². The second kappa shape index (κ2) is 11.1. The molecule has 0 bridgehead atoms. The monoisotopic (exact) mass is 543 g/mol. The van der Waals surface area contributed by atoms with Gasteiger partial charge in [-0.25, -0.2) is 13.2 Å². The lowest BCUT2D eigenvalue weighted by Crippen LogP contribution is -2.48. The van der Waals surface area contributed by atoms with E-state index in [1.54, 1.807) is 36.4 Å². The van der Waals surface area contributed by atoms with Crippen LogP contribution in [0.25, 0.3) is 10.9 Å². The lowest BCUT2D eigenvalue weighted by molar-refractivity contribution is -0.136. The molecule has 0 unspecified atom stereocenters. The quantitative estimate of drug-likeness (QED) is 0.417. The number of rotatable bonds is 7. The van der Waals surface area contributed by atoms with E-state index < -0.39 is 29.4 Å². The molecule has 2 aliphatic rings. The second-order valence-corrected chi connectivity index (χ2v) is 10.5. The fourth-order valence-corrected chi connectivity index (χ4v) is 5.44. The number of piperidine rings is 1. The molecule has 2 aliphatic heterocycles. The van der Waals surface area contributed by atoms with Gasteiger partial charge in [-0.05, 0) is 38.3 Å². The van der Waals surface area contributed by atoms with Crippen molar-refractivity contribution >= 4 is 22.5 Å². The number of nitrogens with zero attached hydrogens (tertiary/aromatic N) is 4. The van der Waals surface area contributed by atoms with Gasteiger partial charge in [-0.15, -0.1) is 0 Å². The molecule has 0 spiro atoms. The van der Waals surface area contributed by atoms with E-state index in [-0.39, 0.29) is 24.1 Å². The minimum atomic E-state index is -2.91. The van der Waals surface area contributed by atoms with Gasteiger partial charge in [-0.2, -0.15) is 0 Å². The Morgan fingerprint density at radius 1 is 1.18 bits per heavy atom. The largest absolute Gasteiger partial charge is 0.392 e. The Kier molecular flexibility index (Phi) is 7.75. The maximum atomic E-state index is 14.7. The number of likely N-dealkylation sites (tertiary alicyclic amines) is 2. The van der Waals surface area contributed by atoms with Crippen molar-refractivity contribution in [1.82, 2.24) is 19.8 Å². The highest BCUT2D eigenvalue weighted by atomic mass is 19.3. The van der Waals surface area contributed by atoms with E-state index in [1.807, 2.05) is 4.90 Å². The lowest BCUT2D eigenvalue weighted by atomic mass is 9.87. The molecule has 0 aliphatic carbocycles. The van der Waals surface area contributed by atoms with Crippen LogP contribution in [0.2, 0.25) is 0 Å². The van der Waals surface area contributed by atoms with E-state index in [4.69, 9.17) is 0 Å². The molecule has 8 nitrogen and oxygen atoms in total. The number of benzene rings is 1. The highest BCUT2D eigenvalue weighted by molar-refractivity contribution is 5.91. The third kappa shape index (κ3) is 5.70. The summed E-state index contributed by atoms with van der Waals surface area (Å²) in [6.07, 6.45) is 1.12. The molecule has 1 amide bonds. The maximum absolute atomic E-state index is 14.7. The molecule has 2 fully saturated rings. The standard InChI is InChI=1S/C28H32F3N5O3/c1-17(19-3-2-4-20(26(19)29)27(30)31)34-22-5-9-32-23-14-33-24(13-21(22)23)28(39)7-11-36(12-8-28)25(38)16-35-10-6-18(37)15-35/h2-5,9,13-14,17-18,27,37,39H,6-8,10-12,15-16H2,1H3,(H,32,34)/t17-,18-/m1/s1. The van der Waals surface area contributed by atoms with Crippen molar-refractivity contribution in [2.24, 2.45) is 0 Å². The number of carbonyl (C=O) groups excluding carboxylic acids is 1. The van der Waals surface area contributed by atoms with Crippen LogP contribution in [0.1, 0.15) is 55.5 Å². The number of hydrogen-bond donors (Lipinski definition) is 3. The van der Waals surface area contributed by atoms with E-state index in [1.165, 1.54) is 12.1 Å². The van der Waals surface area contributed by atoms with Crippen LogP contribution < -0.4 is 5.32 Å². The Morgan fingerprint density at radius 2 is 1.92 bits per heavy atom. The molecule has 3 aromatic rings. The van der Waals surface area contributed by atoms with E-state index in [9.17, 15) is 28.2 Å². The van der Waals surface area contributed by atoms with Gasteiger partial charge in [0.05, 0.1) is 41.7 Å². The number of halogens is 3. The first-order valence-corrected chi connectivity index (χ1v) is 13.1. The summed E-state index contributed by atoms with van der Waals surface area (Å²) in [6, 6.07) is 6.78. The van der Waals surface area contributed by atoms with Crippen molar-refractivity contribution in [2.75, 3.05) is 38.0 Å². The van der Waals surface area contributed by atoms with Gasteiger partial charge in [0.1, 0.15) is 11.4 Å². The summed E-state index contributed by atoms with van der Waals surface area (Å²) >= 11 is 0. The molecule has 11 heteroatoms. The number of amides is 1. The minimum absolute atomic E-state index is 0.0227. The molecule has 2 aromatic heterocycles. The zero-order valence-electron chi connectivity index (χ0n) is 21.7. The van der Waals surface area contributed by atoms with Gasteiger partial charge >= 0.3 is 0 Å². The number of anilines is 1. The zero-order chi connectivity index (χ0) is 27.7. The first kappa shape index (κ1) is 27.3. The summed E-state index contributed by atoms with van der Waals surface area (Å²) in [4.78, 5) is 25.2. The maximum Gasteiger partial charge on any atom is 0.266 e. The number of alkyl halides is 2. The Morgan fingerprint density at radius 3 is 2.62 bits per heavy atom. The fourth-order valence-electron chi connectivity index (χ4n) is 5.44. The van der Waals surface area contributed by atoms with Crippen LogP contribution in [-0.2, 0) is 10.4 Å². The molecular weight excluding hydrogens is 511 g/mol. The van der Waals surface area contributed by atoms with Crippen molar-refractivity contribution < 1.29 is 28.2 Å². The van der Waals surface area contributed by atoms with Gasteiger partial charge < -0.3 is 20.4 Å². The second-order valence-electron chi connectivity index (χ2n) is 10.5. The highest BCUT2D eigenvalue weighted by Gasteiger charge is 2.37. The first-order valence-electron chi connectivity index (χ1n) is 13.1. The molecule has 39 heavy (non-hydrogen) atoms. The number of aromatic nitrogens is 2. The van der Waals surface area contributed by atoms with Crippen LogP contribution in [0.5, 0.6) is 0 Å². The molecule has 0 saturated carbocycles. The Balaban J connectivity index is 1.32. The predicted molar refractivity (Wildman–Crippen MR) is 140 cm³/mol. The van der Waals surface area contributed by atoms with Crippen molar-refractivity contribution in [1.29, 1.82) is 0 Å². The number of fused-ring (bicyclic) bond motifs is 1. The summed E-state index contributed by atoms with van der Waals surface area (Å²) < 4.78 is 41.2. The van der Waals surface area contributed by atoms with Gasteiger partial charge in [0.25, 0.3) is 6.43 Å². The molecule has 3 N–H and O–H groups in total. The number of hydrogen-bond acceptors (Lipinski definition) is 7. The minimum Gasteiger partial charge on any atom is -0.392 e. The first-order chi connectivity index (χ1) is 18.6. The average molecular weight is 544 g/mol. The topological polar surface area (TPSA) is 102 Å². The highest BCUT2D eigenvalue weighted by Crippen LogP contribution is 2.35. The summed E-state index contributed by atoms with van der Waals surface area (Å²) in [5.74, 6) is -0.963. The normalized spacial score (nSPS) is 20.5. The van der Waals surface area contributed by atoms with Crippen LogP contribution in [-0.4, -0.2) is 74.7 Å². The van der Waals surface area contributed by atoms with Crippen LogP contribution >= 0.6 is 0 Å². The number of carbonyl (C=O) groups is 1. The smallest absolute Gasteiger partial charge is 0.266 e. The molecule has 2 atom stereocenters. The van der Waals surface area contributed by atoms with Gasteiger partial charge in [0.15, 0.2) is 0 Å². The van der Waals surface area contributed by atoms with Crippen molar-refractivity contribution in [3.8, 4) is 0 Å². The Hall–Kier alpha value is -3.28. The van der Waals surface area contributed by atoms with Crippen LogP contribution in [0.15, 0.2) is 42.7 Å². The number of β-amino-alcohol motifs (C(OH)–C–C–N with tert-alkyl or cyclic N) is 1. The third-order valence-electron chi connectivity index (χ3n) is 7.79. The lowest BCUT2D eigenvalue weighted by Gasteiger charge is -2.38. The number of aliphatic hydroxyl groups excluding tert-OH is 1. The summed E-state index contributed by atoms with van der Waals surface area (Å²) in [7, 11) is 0. The molecule has 2 saturated heterocycles. The predicted octanol–water partition coefficient (Wildman–Crippen LogP) is 3.76. The van der Waals surface area contributed by atoms with Gasteiger partial charge in [0, 0.05) is 49.0 Å². The fraction of sp³-hybridized carbons (Fsp3) is 0.464. The Bertz CT molecular complexity index is 1350. The number of pyridine rings is 2. The van der Waals surface area contributed by atoms with Crippen LogP contribution in [0, 0.1) is 5.82 Å². The van der Waals surface area contributed by atoms with E-state index in [0.717, 1.165) is 6.07 Å². The van der Waals surface area contributed by atoms with E-state index in [2.05, 4.69) is 15.3 Å².